The summed E-state index contributed by atoms with van der Waals surface area (Å²) >= 11 is 8.92. The summed E-state index contributed by atoms with van der Waals surface area (Å²) in [5.41, 5.74) is 1.49. The molecule has 26 heavy (non-hydrogen) atoms. The Labute approximate surface area is 163 Å². The maximum Gasteiger partial charge on any atom is 0.210 e. The van der Waals surface area contributed by atoms with Crippen molar-refractivity contribution in [1.29, 1.82) is 5.26 Å². The lowest BCUT2D eigenvalue weighted by Crippen LogP contribution is -1.89. The molecule has 0 unspecified atom stereocenters. The molecule has 0 bridgehead atoms. The SMILES string of the molecule is N#Cc1cc(F)cc(C#CCSc2nnc(Nc3ccccc3Cl)s2)c1. The van der Waals surface area contributed by atoms with E-state index >= 15 is 0 Å². The maximum absolute atomic E-state index is 13.3. The Morgan fingerprint density at radius 2 is 2.00 bits per heavy atom. The third-order valence-corrected chi connectivity index (χ3v) is 5.23. The molecule has 0 aliphatic heterocycles. The number of nitriles is 1. The van der Waals surface area contributed by atoms with Crippen molar-refractivity contribution < 1.29 is 4.39 Å². The lowest BCUT2D eigenvalue weighted by molar-refractivity contribution is 0.627. The van der Waals surface area contributed by atoms with E-state index in [4.69, 9.17) is 16.9 Å². The molecule has 1 heterocycles. The first kappa shape index (κ1) is 18.2. The van der Waals surface area contributed by atoms with Gasteiger partial charge in [-0.25, -0.2) is 4.39 Å². The molecule has 0 atom stereocenters. The standard InChI is InChI=1S/C18H10ClFN4S2/c19-15-5-1-2-6-16(15)22-17-23-24-18(26-17)25-7-3-4-12-8-13(11-21)10-14(20)9-12/h1-2,5-6,8-10H,7H2,(H,22,23). The summed E-state index contributed by atoms with van der Waals surface area (Å²) in [6.45, 7) is 0. The van der Waals surface area contributed by atoms with Crippen LogP contribution in [0, 0.1) is 29.0 Å². The number of halogens is 2. The number of aromatic nitrogens is 2. The molecule has 0 spiro atoms. The summed E-state index contributed by atoms with van der Waals surface area (Å²) in [5, 5.41) is 21.3. The number of hydrogen-bond donors (Lipinski definition) is 1. The van der Waals surface area contributed by atoms with Crippen LogP contribution in [0.5, 0.6) is 0 Å². The zero-order valence-electron chi connectivity index (χ0n) is 13.2. The molecular formula is C18H10ClFN4S2. The molecule has 0 saturated heterocycles. The number of anilines is 2. The lowest BCUT2D eigenvalue weighted by Gasteiger charge is -2.02. The van der Waals surface area contributed by atoms with E-state index in [1.54, 1.807) is 12.1 Å². The van der Waals surface area contributed by atoms with E-state index in [-0.39, 0.29) is 5.56 Å². The van der Waals surface area contributed by atoms with Crippen LogP contribution < -0.4 is 5.32 Å². The van der Waals surface area contributed by atoms with Gasteiger partial charge in [-0.05, 0) is 30.3 Å². The predicted molar refractivity (Wildman–Crippen MR) is 103 cm³/mol. The quantitative estimate of drug-likeness (QED) is 0.488. The Balaban J connectivity index is 1.59. The average molecular weight is 401 g/mol. The molecule has 2 aromatic carbocycles. The Kier molecular flexibility index (Phi) is 6.08. The van der Waals surface area contributed by atoms with Crippen molar-refractivity contribution >= 4 is 45.5 Å². The highest BCUT2D eigenvalue weighted by Crippen LogP contribution is 2.30. The maximum atomic E-state index is 13.3. The van der Waals surface area contributed by atoms with Crippen molar-refractivity contribution in [1.82, 2.24) is 10.2 Å². The van der Waals surface area contributed by atoms with Crippen molar-refractivity contribution in [2.75, 3.05) is 11.1 Å². The monoisotopic (exact) mass is 400 g/mol. The Hall–Kier alpha value is -2.58. The van der Waals surface area contributed by atoms with Gasteiger partial charge in [0.15, 0.2) is 4.34 Å². The number of thioether (sulfide) groups is 1. The van der Waals surface area contributed by atoms with E-state index in [2.05, 4.69) is 27.4 Å². The van der Waals surface area contributed by atoms with Gasteiger partial charge < -0.3 is 5.32 Å². The molecule has 1 N–H and O–H groups in total. The molecule has 0 aliphatic rings. The summed E-state index contributed by atoms with van der Waals surface area (Å²) in [6.07, 6.45) is 0. The summed E-state index contributed by atoms with van der Waals surface area (Å²) in [5.74, 6) is 5.78. The van der Waals surface area contributed by atoms with Gasteiger partial charge in [-0.2, -0.15) is 5.26 Å². The Morgan fingerprint density at radius 1 is 1.19 bits per heavy atom. The molecule has 8 heteroatoms. The van der Waals surface area contributed by atoms with E-state index in [1.807, 2.05) is 24.3 Å². The number of para-hydroxylation sites is 1. The number of benzene rings is 2. The van der Waals surface area contributed by atoms with Crippen LogP contribution in [0.2, 0.25) is 5.02 Å². The molecule has 4 nitrogen and oxygen atoms in total. The van der Waals surface area contributed by atoms with Crippen molar-refractivity contribution in [3.8, 4) is 17.9 Å². The van der Waals surface area contributed by atoms with E-state index in [0.717, 1.165) is 10.0 Å². The molecular weight excluding hydrogens is 391 g/mol. The zero-order valence-corrected chi connectivity index (χ0v) is 15.6. The highest BCUT2D eigenvalue weighted by atomic mass is 35.5. The minimum absolute atomic E-state index is 0.251. The van der Waals surface area contributed by atoms with Gasteiger partial charge in [-0.15, -0.1) is 10.2 Å². The molecule has 0 aliphatic carbocycles. The van der Waals surface area contributed by atoms with Crippen LogP contribution in [0.3, 0.4) is 0 Å². The molecule has 0 fully saturated rings. The van der Waals surface area contributed by atoms with Crippen LogP contribution in [0.15, 0.2) is 46.8 Å². The van der Waals surface area contributed by atoms with E-state index in [9.17, 15) is 4.39 Å². The predicted octanol–water partition coefficient (Wildman–Crippen LogP) is 5.09. The zero-order chi connectivity index (χ0) is 18.4. The number of nitrogens with one attached hydrogen (secondary N) is 1. The molecule has 3 aromatic rings. The molecule has 1 aromatic heterocycles. The minimum Gasteiger partial charge on any atom is -0.329 e. The molecule has 128 valence electrons. The first-order valence-electron chi connectivity index (χ1n) is 7.31. The molecule has 0 radical (unpaired) electrons. The van der Waals surface area contributed by atoms with Crippen molar-refractivity contribution in [3.05, 3.63) is 64.4 Å². The number of hydrogen-bond acceptors (Lipinski definition) is 6. The van der Waals surface area contributed by atoms with Gasteiger partial charge in [0, 0.05) is 5.56 Å². The second-order valence-electron chi connectivity index (χ2n) is 4.91. The first-order valence-corrected chi connectivity index (χ1v) is 9.49. The molecule has 3 rings (SSSR count). The van der Waals surface area contributed by atoms with Crippen molar-refractivity contribution in [2.24, 2.45) is 0 Å². The van der Waals surface area contributed by atoms with Crippen LogP contribution in [-0.4, -0.2) is 16.0 Å². The summed E-state index contributed by atoms with van der Waals surface area (Å²) in [7, 11) is 0. The fourth-order valence-electron chi connectivity index (χ4n) is 1.96. The molecule has 0 saturated carbocycles. The van der Waals surface area contributed by atoms with Gasteiger partial charge in [-0.3, -0.25) is 0 Å². The van der Waals surface area contributed by atoms with Gasteiger partial charge in [0.1, 0.15) is 5.82 Å². The second kappa shape index (κ2) is 8.68. The fourth-order valence-corrected chi connectivity index (χ4v) is 3.65. The third kappa shape index (κ3) is 4.96. The Morgan fingerprint density at radius 3 is 2.81 bits per heavy atom. The van der Waals surface area contributed by atoms with Crippen LogP contribution in [0.25, 0.3) is 0 Å². The average Bonchev–Trinajstić information content (AvgIpc) is 3.07. The normalized spacial score (nSPS) is 9.88. The van der Waals surface area contributed by atoms with Crippen LogP contribution in [0.4, 0.5) is 15.2 Å². The van der Waals surface area contributed by atoms with E-state index in [0.29, 0.717) is 21.5 Å². The highest BCUT2D eigenvalue weighted by Gasteiger charge is 2.06. The van der Waals surface area contributed by atoms with Crippen molar-refractivity contribution in [2.45, 2.75) is 4.34 Å². The molecule has 0 amide bonds. The van der Waals surface area contributed by atoms with Gasteiger partial charge in [0.2, 0.25) is 5.13 Å². The summed E-state index contributed by atoms with van der Waals surface area (Å²) in [6, 6.07) is 13.3. The van der Waals surface area contributed by atoms with Crippen LogP contribution in [-0.2, 0) is 0 Å². The number of nitrogens with zero attached hydrogens (tertiary/aromatic N) is 3. The van der Waals surface area contributed by atoms with Gasteiger partial charge in [0.05, 0.1) is 28.1 Å². The number of rotatable bonds is 4. The smallest absolute Gasteiger partial charge is 0.210 e. The highest BCUT2D eigenvalue weighted by molar-refractivity contribution is 8.01. The van der Waals surface area contributed by atoms with Crippen LogP contribution >= 0.6 is 34.7 Å². The third-order valence-electron chi connectivity index (χ3n) is 3.05. The summed E-state index contributed by atoms with van der Waals surface area (Å²) < 4.78 is 14.1. The largest absolute Gasteiger partial charge is 0.329 e. The Bertz CT molecular complexity index is 1030. The van der Waals surface area contributed by atoms with Crippen molar-refractivity contribution in [3.63, 3.8) is 0 Å². The van der Waals surface area contributed by atoms with Gasteiger partial charge in [-0.1, -0.05) is 58.7 Å². The first-order chi connectivity index (χ1) is 12.6. The van der Waals surface area contributed by atoms with Crippen LogP contribution in [0.1, 0.15) is 11.1 Å². The van der Waals surface area contributed by atoms with E-state index in [1.165, 1.54) is 35.2 Å². The van der Waals surface area contributed by atoms with Gasteiger partial charge >= 0.3 is 0 Å². The lowest BCUT2D eigenvalue weighted by atomic mass is 10.1. The van der Waals surface area contributed by atoms with Gasteiger partial charge in [0.25, 0.3) is 0 Å². The minimum atomic E-state index is -0.472. The summed E-state index contributed by atoms with van der Waals surface area (Å²) in [4.78, 5) is 0. The second-order valence-corrected chi connectivity index (χ2v) is 7.52. The van der Waals surface area contributed by atoms with E-state index < -0.39 is 5.82 Å². The topological polar surface area (TPSA) is 61.6 Å². The fraction of sp³-hybridized carbons (Fsp3) is 0.0556.